The van der Waals surface area contributed by atoms with Crippen LogP contribution in [0.4, 0.5) is 0 Å². The Bertz CT molecular complexity index is 344. The molecule has 0 atom stereocenters. The molecule has 0 aromatic rings. The molecule has 0 saturated heterocycles. The normalized spacial score (nSPS) is 12.5. The van der Waals surface area contributed by atoms with Crippen molar-refractivity contribution in [1.29, 1.82) is 0 Å². The molecule has 120 valence electrons. The third kappa shape index (κ3) is 11.9. The Morgan fingerprint density at radius 1 is 0.667 bits per heavy atom. The summed E-state index contributed by atoms with van der Waals surface area (Å²) in [7, 11) is 0. The zero-order valence-electron chi connectivity index (χ0n) is 13.2. The molecule has 4 heteroatoms. The van der Waals surface area contributed by atoms with Gasteiger partial charge < -0.3 is 10.2 Å². The Morgan fingerprint density at radius 2 is 0.952 bits per heavy atom. The van der Waals surface area contributed by atoms with Crippen molar-refractivity contribution in [3.63, 3.8) is 0 Å². The molecule has 0 unspecified atom stereocenters. The van der Waals surface area contributed by atoms with E-state index < -0.39 is 11.9 Å². The first-order valence-electron chi connectivity index (χ1n) is 7.75. The molecular formula is C17H28O4. The molecule has 4 nitrogen and oxygen atoms in total. The van der Waals surface area contributed by atoms with Crippen molar-refractivity contribution in [2.45, 2.75) is 71.6 Å². The van der Waals surface area contributed by atoms with E-state index in [1.807, 2.05) is 0 Å². The van der Waals surface area contributed by atoms with E-state index in [2.05, 4.69) is 0 Å². The van der Waals surface area contributed by atoms with Crippen LogP contribution in [0.1, 0.15) is 71.6 Å². The van der Waals surface area contributed by atoms with Gasteiger partial charge in [0.15, 0.2) is 0 Å². The fourth-order valence-electron chi connectivity index (χ4n) is 1.98. The summed E-state index contributed by atoms with van der Waals surface area (Å²) in [6, 6.07) is 0. The van der Waals surface area contributed by atoms with Crippen molar-refractivity contribution in [3.05, 3.63) is 23.3 Å². The number of carbonyl (C=O) groups is 2. The summed E-state index contributed by atoms with van der Waals surface area (Å²) in [5.41, 5.74) is 0.861. The summed E-state index contributed by atoms with van der Waals surface area (Å²) in [4.78, 5) is 21.1. The van der Waals surface area contributed by atoms with E-state index in [4.69, 9.17) is 10.2 Å². The summed E-state index contributed by atoms with van der Waals surface area (Å²) in [5.74, 6) is -1.66. The first kappa shape index (κ1) is 19.4. The smallest absolute Gasteiger partial charge is 0.330 e. The first-order chi connectivity index (χ1) is 9.95. The van der Waals surface area contributed by atoms with Crippen LogP contribution in [0.2, 0.25) is 0 Å². The molecule has 0 bridgehead atoms. The highest BCUT2D eigenvalue weighted by molar-refractivity contribution is 5.86. The van der Waals surface area contributed by atoms with Crippen LogP contribution < -0.4 is 0 Å². The third-order valence-corrected chi connectivity index (χ3v) is 3.48. The van der Waals surface area contributed by atoms with Gasteiger partial charge in [0.25, 0.3) is 0 Å². The number of allylic oxidation sites excluding steroid dienone is 2. The Balaban J connectivity index is 3.38. The minimum atomic E-state index is -0.831. The zero-order valence-corrected chi connectivity index (χ0v) is 13.2. The fraction of sp³-hybridized carbons (Fsp3) is 0.647. The lowest BCUT2D eigenvalue weighted by molar-refractivity contribution is -0.133. The van der Waals surface area contributed by atoms with E-state index in [0.29, 0.717) is 11.1 Å². The van der Waals surface area contributed by atoms with Gasteiger partial charge in [-0.25, -0.2) is 9.59 Å². The van der Waals surface area contributed by atoms with E-state index in [1.165, 1.54) is 19.3 Å². The van der Waals surface area contributed by atoms with Crippen molar-refractivity contribution < 1.29 is 19.8 Å². The second-order valence-corrected chi connectivity index (χ2v) is 5.44. The van der Waals surface area contributed by atoms with Crippen LogP contribution in [0.25, 0.3) is 0 Å². The maximum atomic E-state index is 10.6. The highest BCUT2D eigenvalue weighted by Crippen LogP contribution is 2.11. The van der Waals surface area contributed by atoms with Crippen molar-refractivity contribution in [1.82, 2.24) is 0 Å². The average Bonchev–Trinajstić information content (AvgIpc) is 2.43. The van der Waals surface area contributed by atoms with Crippen molar-refractivity contribution in [2.75, 3.05) is 0 Å². The Hall–Kier alpha value is -1.58. The van der Waals surface area contributed by atoms with Gasteiger partial charge >= 0.3 is 11.9 Å². The number of carboxylic acids is 2. The van der Waals surface area contributed by atoms with Gasteiger partial charge in [-0.05, 0) is 39.5 Å². The van der Waals surface area contributed by atoms with Crippen LogP contribution in [0.15, 0.2) is 23.3 Å². The molecule has 0 aromatic carbocycles. The van der Waals surface area contributed by atoms with Gasteiger partial charge in [0.2, 0.25) is 0 Å². The Labute approximate surface area is 127 Å². The topological polar surface area (TPSA) is 74.6 Å². The number of hydrogen-bond donors (Lipinski definition) is 2. The molecule has 0 aliphatic rings. The standard InChI is InChI=1S/C17H28O4/c1-14(16(18)19)12-10-8-6-4-3-5-7-9-11-13-15(2)17(20)21/h12-13H,3-11H2,1-2H3,(H,18,19)(H,20,21). The van der Waals surface area contributed by atoms with Crippen LogP contribution in [-0.2, 0) is 9.59 Å². The number of aliphatic carboxylic acids is 2. The zero-order chi connectivity index (χ0) is 16.1. The summed E-state index contributed by atoms with van der Waals surface area (Å²) < 4.78 is 0. The molecule has 0 amide bonds. The molecular weight excluding hydrogens is 268 g/mol. The quantitative estimate of drug-likeness (QED) is 0.409. The lowest BCUT2D eigenvalue weighted by atomic mass is 10.1. The van der Waals surface area contributed by atoms with Crippen molar-refractivity contribution in [3.8, 4) is 0 Å². The van der Waals surface area contributed by atoms with E-state index in [0.717, 1.165) is 38.5 Å². The minimum absolute atomic E-state index is 0.430. The number of carboxylic acid groups (broad SMARTS) is 2. The first-order valence-corrected chi connectivity index (χ1v) is 7.75. The van der Waals surface area contributed by atoms with Gasteiger partial charge in [0.05, 0.1) is 0 Å². The van der Waals surface area contributed by atoms with E-state index in [9.17, 15) is 9.59 Å². The molecule has 0 rings (SSSR count). The summed E-state index contributed by atoms with van der Waals surface area (Å²) in [5, 5.41) is 17.4. The minimum Gasteiger partial charge on any atom is -0.478 e. The van der Waals surface area contributed by atoms with E-state index in [-0.39, 0.29) is 0 Å². The van der Waals surface area contributed by atoms with Gasteiger partial charge in [-0.1, -0.05) is 44.3 Å². The molecule has 21 heavy (non-hydrogen) atoms. The average molecular weight is 296 g/mol. The van der Waals surface area contributed by atoms with Gasteiger partial charge in [-0.15, -0.1) is 0 Å². The molecule has 0 saturated carbocycles. The maximum absolute atomic E-state index is 10.6. The van der Waals surface area contributed by atoms with Gasteiger partial charge in [0.1, 0.15) is 0 Å². The van der Waals surface area contributed by atoms with Gasteiger partial charge in [0, 0.05) is 11.1 Å². The molecule has 0 spiro atoms. The maximum Gasteiger partial charge on any atom is 0.330 e. The summed E-state index contributed by atoms with van der Waals surface area (Å²) in [6.07, 6.45) is 13.2. The van der Waals surface area contributed by atoms with E-state index >= 15 is 0 Å². The number of rotatable bonds is 12. The predicted molar refractivity (Wildman–Crippen MR) is 84.3 cm³/mol. The van der Waals surface area contributed by atoms with Gasteiger partial charge in [-0.2, -0.15) is 0 Å². The largest absolute Gasteiger partial charge is 0.478 e. The van der Waals surface area contributed by atoms with Crippen LogP contribution >= 0.6 is 0 Å². The predicted octanol–water partition coefficient (Wildman–Crippen LogP) is 4.56. The molecule has 0 fully saturated rings. The number of hydrogen-bond acceptors (Lipinski definition) is 2. The monoisotopic (exact) mass is 296 g/mol. The van der Waals surface area contributed by atoms with Crippen LogP contribution in [0.5, 0.6) is 0 Å². The van der Waals surface area contributed by atoms with Gasteiger partial charge in [-0.3, -0.25) is 0 Å². The second kappa shape index (κ2) is 12.2. The van der Waals surface area contributed by atoms with Crippen molar-refractivity contribution >= 4 is 11.9 Å². The SMILES string of the molecule is CC(=CCCCCCCCCCC=C(C)C(=O)O)C(=O)O. The summed E-state index contributed by atoms with van der Waals surface area (Å²) in [6.45, 7) is 3.26. The third-order valence-electron chi connectivity index (χ3n) is 3.48. The van der Waals surface area contributed by atoms with Crippen LogP contribution in [-0.4, -0.2) is 22.2 Å². The molecule has 0 aliphatic carbocycles. The molecule has 0 aliphatic heterocycles. The lowest BCUT2D eigenvalue weighted by Gasteiger charge is -2.01. The molecule has 0 heterocycles. The Kier molecular flexibility index (Phi) is 11.3. The summed E-state index contributed by atoms with van der Waals surface area (Å²) >= 11 is 0. The van der Waals surface area contributed by atoms with Crippen molar-refractivity contribution in [2.24, 2.45) is 0 Å². The molecule has 2 N–H and O–H groups in total. The highest BCUT2D eigenvalue weighted by atomic mass is 16.4. The highest BCUT2D eigenvalue weighted by Gasteiger charge is 1.99. The molecule has 0 aromatic heterocycles. The Morgan fingerprint density at radius 3 is 1.24 bits per heavy atom. The number of unbranched alkanes of at least 4 members (excludes halogenated alkanes) is 8. The second-order valence-electron chi connectivity index (χ2n) is 5.44. The van der Waals surface area contributed by atoms with E-state index in [1.54, 1.807) is 26.0 Å². The van der Waals surface area contributed by atoms with Crippen LogP contribution in [0.3, 0.4) is 0 Å². The molecule has 0 radical (unpaired) electrons. The lowest BCUT2D eigenvalue weighted by Crippen LogP contribution is -1.95. The fourth-order valence-corrected chi connectivity index (χ4v) is 1.98. The van der Waals surface area contributed by atoms with Crippen LogP contribution in [0, 0.1) is 0 Å².